The quantitative estimate of drug-likeness (QED) is 0.661. The van der Waals surface area contributed by atoms with E-state index in [1.807, 2.05) is 13.8 Å². The van der Waals surface area contributed by atoms with Crippen LogP contribution in [0.2, 0.25) is 0 Å². The molecule has 2 N–H and O–H groups in total. The van der Waals surface area contributed by atoms with Crippen molar-refractivity contribution in [1.82, 2.24) is 5.32 Å². The molecule has 0 unspecified atom stereocenters. The molecule has 0 bridgehead atoms. The molecule has 2 nitrogen and oxygen atoms in total. The Labute approximate surface area is 73.2 Å². The zero-order chi connectivity index (χ0) is 9.14. The smallest absolute Gasteiger partial charge is 0.127 e. The first-order valence-corrected chi connectivity index (χ1v) is 4.69. The second-order valence-corrected chi connectivity index (χ2v) is 3.87. The monoisotopic (exact) mass is 175 g/mol. The third kappa shape index (κ3) is 2.42. The molecule has 0 saturated heterocycles. The minimum Gasteiger partial charge on any atom is -0.388 e. The van der Waals surface area contributed by atoms with E-state index in [4.69, 9.17) is 0 Å². The van der Waals surface area contributed by atoms with Gasteiger partial charge in [0.15, 0.2) is 0 Å². The van der Waals surface area contributed by atoms with Crippen molar-refractivity contribution in [2.75, 3.05) is 0 Å². The van der Waals surface area contributed by atoms with Crippen molar-refractivity contribution in [2.45, 2.75) is 57.5 Å². The predicted octanol–water partition coefficient (Wildman–Crippen LogP) is 1.24. The van der Waals surface area contributed by atoms with Crippen molar-refractivity contribution in [3.63, 3.8) is 0 Å². The molecule has 0 amide bonds. The molecule has 0 aliphatic heterocycles. The third-order valence-electron chi connectivity index (χ3n) is 2.33. The van der Waals surface area contributed by atoms with Gasteiger partial charge in [0, 0.05) is 12.1 Å². The molecule has 1 saturated carbocycles. The van der Waals surface area contributed by atoms with E-state index in [0.717, 1.165) is 12.8 Å². The van der Waals surface area contributed by atoms with Gasteiger partial charge in [0.05, 0.1) is 0 Å². The highest BCUT2D eigenvalue weighted by Gasteiger charge is 2.31. The molecule has 1 aliphatic rings. The lowest BCUT2D eigenvalue weighted by molar-refractivity contribution is 0.0142. The van der Waals surface area contributed by atoms with Crippen LogP contribution in [0.1, 0.15) is 33.1 Å². The Balaban J connectivity index is 2.41. The number of aliphatic hydroxyl groups is 1. The topological polar surface area (TPSA) is 32.3 Å². The number of rotatable bonds is 2. The lowest BCUT2D eigenvalue weighted by Gasteiger charge is -2.32. The summed E-state index contributed by atoms with van der Waals surface area (Å²) in [5, 5.41) is 12.6. The largest absolute Gasteiger partial charge is 0.388 e. The van der Waals surface area contributed by atoms with Crippen molar-refractivity contribution in [3.05, 3.63) is 0 Å². The average Bonchev–Trinajstić information content (AvgIpc) is 1.98. The highest BCUT2D eigenvalue weighted by Crippen LogP contribution is 2.21. The maximum atomic E-state index is 13.0. The van der Waals surface area contributed by atoms with Gasteiger partial charge in [0.2, 0.25) is 0 Å². The van der Waals surface area contributed by atoms with Gasteiger partial charge in [-0.25, -0.2) is 4.39 Å². The minimum atomic E-state index is -1.03. The molecule has 3 heteroatoms. The van der Waals surface area contributed by atoms with Gasteiger partial charge in [0.25, 0.3) is 0 Å². The second kappa shape index (κ2) is 4.19. The Kier molecular flexibility index (Phi) is 3.47. The first kappa shape index (κ1) is 9.93. The molecule has 0 radical (unpaired) electrons. The van der Waals surface area contributed by atoms with Gasteiger partial charge >= 0.3 is 0 Å². The SMILES string of the molecule is CC(C)N[C@H]1CCC[C@@H](F)[C@H]1O. The highest BCUT2D eigenvalue weighted by molar-refractivity contribution is 4.87. The molecular weight excluding hydrogens is 157 g/mol. The summed E-state index contributed by atoms with van der Waals surface area (Å²) in [6.07, 6.45) is 0.441. The van der Waals surface area contributed by atoms with Gasteiger partial charge in [-0.15, -0.1) is 0 Å². The van der Waals surface area contributed by atoms with Crippen LogP contribution in [0.4, 0.5) is 4.39 Å². The van der Waals surface area contributed by atoms with E-state index >= 15 is 0 Å². The fraction of sp³-hybridized carbons (Fsp3) is 1.00. The van der Waals surface area contributed by atoms with E-state index in [2.05, 4.69) is 5.32 Å². The summed E-state index contributed by atoms with van der Waals surface area (Å²) < 4.78 is 13.0. The van der Waals surface area contributed by atoms with Crippen LogP contribution < -0.4 is 5.32 Å². The van der Waals surface area contributed by atoms with Gasteiger partial charge in [-0.05, 0) is 19.3 Å². The Morgan fingerprint density at radius 1 is 1.42 bits per heavy atom. The van der Waals surface area contributed by atoms with Gasteiger partial charge in [-0.3, -0.25) is 0 Å². The Hall–Kier alpha value is -0.150. The molecule has 0 aromatic rings. The zero-order valence-corrected chi connectivity index (χ0v) is 7.76. The summed E-state index contributed by atoms with van der Waals surface area (Å²) in [7, 11) is 0. The number of hydrogen-bond acceptors (Lipinski definition) is 2. The highest BCUT2D eigenvalue weighted by atomic mass is 19.1. The number of alkyl halides is 1. The van der Waals surface area contributed by atoms with E-state index < -0.39 is 12.3 Å². The van der Waals surface area contributed by atoms with Crippen LogP contribution in [-0.4, -0.2) is 29.5 Å². The molecular formula is C9H18FNO. The van der Waals surface area contributed by atoms with Gasteiger partial charge < -0.3 is 10.4 Å². The number of aliphatic hydroxyl groups excluding tert-OH is 1. The minimum absolute atomic E-state index is 0.0475. The molecule has 3 atom stereocenters. The fourth-order valence-corrected chi connectivity index (χ4v) is 1.74. The van der Waals surface area contributed by atoms with E-state index in [0.29, 0.717) is 12.5 Å². The van der Waals surface area contributed by atoms with Crippen LogP contribution in [-0.2, 0) is 0 Å². The average molecular weight is 175 g/mol. The van der Waals surface area contributed by atoms with Crippen molar-refractivity contribution in [1.29, 1.82) is 0 Å². The summed E-state index contributed by atoms with van der Waals surface area (Å²) in [6.45, 7) is 4.02. The lowest BCUT2D eigenvalue weighted by Crippen LogP contribution is -2.49. The summed E-state index contributed by atoms with van der Waals surface area (Å²) in [4.78, 5) is 0. The van der Waals surface area contributed by atoms with Gasteiger partial charge in [-0.1, -0.05) is 13.8 Å². The zero-order valence-electron chi connectivity index (χ0n) is 7.76. The molecule has 0 aromatic heterocycles. The molecule has 0 spiro atoms. The molecule has 1 aliphatic carbocycles. The summed E-state index contributed by atoms with van der Waals surface area (Å²) in [6, 6.07) is 0.267. The van der Waals surface area contributed by atoms with E-state index in [-0.39, 0.29) is 6.04 Å². The van der Waals surface area contributed by atoms with Crippen molar-refractivity contribution >= 4 is 0 Å². The summed E-state index contributed by atoms with van der Waals surface area (Å²) in [5.41, 5.74) is 0. The maximum Gasteiger partial charge on any atom is 0.127 e. The number of nitrogens with one attached hydrogen (secondary N) is 1. The second-order valence-electron chi connectivity index (χ2n) is 3.87. The first-order chi connectivity index (χ1) is 5.61. The lowest BCUT2D eigenvalue weighted by atomic mass is 9.90. The van der Waals surface area contributed by atoms with Crippen LogP contribution in [0.15, 0.2) is 0 Å². The molecule has 0 aromatic carbocycles. The third-order valence-corrected chi connectivity index (χ3v) is 2.33. The molecule has 1 rings (SSSR count). The number of halogens is 1. The van der Waals surface area contributed by atoms with Crippen LogP contribution >= 0.6 is 0 Å². The molecule has 1 fully saturated rings. The molecule has 0 heterocycles. The Bertz CT molecular complexity index is 140. The van der Waals surface area contributed by atoms with Crippen molar-refractivity contribution in [3.8, 4) is 0 Å². The van der Waals surface area contributed by atoms with E-state index in [1.54, 1.807) is 0 Å². The van der Waals surface area contributed by atoms with Crippen LogP contribution in [0.3, 0.4) is 0 Å². The van der Waals surface area contributed by atoms with Crippen LogP contribution in [0, 0.1) is 0 Å². The summed E-state index contributed by atoms with van der Waals surface area (Å²) >= 11 is 0. The fourth-order valence-electron chi connectivity index (χ4n) is 1.74. The normalized spacial score (nSPS) is 37.2. The van der Waals surface area contributed by atoms with E-state index in [9.17, 15) is 9.50 Å². The van der Waals surface area contributed by atoms with Crippen LogP contribution in [0.5, 0.6) is 0 Å². The van der Waals surface area contributed by atoms with Crippen molar-refractivity contribution < 1.29 is 9.50 Å². The predicted molar refractivity (Wildman–Crippen MR) is 46.8 cm³/mol. The van der Waals surface area contributed by atoms with Crippen molar-refractivity contribution in [2.24, 2.45) is 0 Å². The van der Waals surface area contributed by atoms with Gasteiger partial charge in [0.1, 0.15) is 12.3 Å². The maximum absolute atomic E-state index is 13.0. The summed E-state index contributed by atoms with van der Waals surface area (Å²) in [5.74, 6) is 0. The number of hydrogen-bond donors (Lipinski definition) is 2. The Morgan fingerprint density at radius 2 is 2.08 bits per heavy atom. The molecule has 12 heavy (non-hydrogen) atoms. The molecule has 72 valence electrons. The van der Waals surface area contributed by atoms with E-state index in [1.165, 1.54) is 0 Å². The first-order valence-electron chi connectivity index (χ1n) is 4.69. The van der Waals surface area contributed by atoms with Gasteiger partial charge in [-0.2, -0.15) is 0 Å². The Morgan fingerprint density at radius 3 is 2.67 bits per heavy atom. The van der Waals surface area contributed by atoms with Crippen LogP contribution in [0.25, 0.3) is 0 Å². The standard InChI is InChI=1S/C9H18FNO/c1-6(2)11-8-5-3-4-7(10)9(8)12/h6-9,11-12H,3-5H2,1-2H3/t7-,8+,9-/m1/s1.